The lowest BCUT2D eigenvalue weighted by molar-refractivity contribution is -0.121. The van der Waals surface area contributed by atoms with Gasteiger partial charge >= 0.3 is 0 Å². The molecule has 1 heterocycles. The monoisotopic (exact) mass is 287 g/mol. The summed E-state index contributed by atoms with van der Waals surface area (Å²) in [6.07, 6.45) is 3.28. The van der Waals surface area contributed by atoms with E-state index in [-0.39, 0.29) is 12.3 Å². The number of carbonyl (C=O) groups is 1. The topological polar surface area (TPSA) is 64.1 Å². The highest BCUT2D eigenvalue weighted by Crippen LogP contribution is 2.14. The van der Waals surface area contributed by atoms with Crippen LogP contribution in [0.15, 0.2) is 17.0 Å². The number of aromatic nitrogens is 2. The maximum absolute atomic E-state index is 11.6. The van der Waals surface area contributed by atoms with Gasteiger partial charge in [0.2, 0.25) is 5.91 Å². The number of halogens is 1. The van der Waals surface area contributed by atoms with Crippen LogP contribution in [-0.4, -0.2) is 28.6 Å². The molecule has 1 amide bonds. The number of ether oxygens (including phenoxy) is 1. The van der Waals surface area contributed by atoms with Crippen LogP contribution < -0.4 is 5.32 Å². The van der Waals surface area contributed by atoms with Crippen molar-refractivity contribution in [3.05, 3.63) is 17.0 Å². The summed E-state index contributed by atoms with van der Waals surface area (Å²) < 4.78 is 5.79. The van der Waals surface area contributed by atoms with Gasteiger partial charge in [0.05, 0.1) is 24.4 Å². The highest BCUT2D eigenvalue weighted by Gasteiger charge is 2.21. The Morgan fingerprint density at radius 2 is 2.19 bits per heavy atom. The van der Waals surface area contributed by atoms with Crippen molar-refractivity contribution >= 4 is 27.7 Å². The number of anilines is 1. The molecule has 16 heavy (non-hydrogen) atoms. The molecule has 6 heteroatoms. The highest BCUT2D eigenvalue weighted by atomic mass is 79.9. The van der Waals surface area contributed by atoms with Gasteiger partial charge in [0.1, 0.15) is 4.60 Å². The largest absolute Gasteiger partial charge is 0.378 e. The van der Waals surface area contributed by atoms with E-state index < -0.39 is 5.60 Å². The Bertz CT molecular complexity index is 365. The lowest BCUT2D eigenvalue weighted by atomic mass is 10.1. The minimum absolute atomic E-state index is 0.150. The minimum Gasteiger partial charge on any atom is -0.378 e. The smallest absolute Gasteiger partial charge is 0.228 e. The summed E-state index contributed by atoms with van der Waals surface area (Å²) in [6.45, 7) is 3.69. The van der Waals surface area contributed by atoms with Crippen molar-refractivity contribution in [2.75, 3.05) is 12.4 Å². The molecule has 0 atom stereocenters. The second-order valence-corrected chi connectivity index (χ2v) is 4.73. The zero-order valence-electron chi connectivity index (χ0n) is 9.45. The van der Waals surface area contributed by atoms with Crippen molar-refractivity contribution in [3.63, 3.8) is 0 Å². The normalized spacial score (nSPS) is 11.2. The third-order valence-corrected chi connectivity index (χ3v) is 2.44. The van der Waals surface area contributed by atoms with Crippen LogP contribution in [0.3, 0.4) is 0 Å². The van der Waals surface area contributed by atoms with E-state index in [1.54, 1.807) is 7.11 Å². The summed E-state index contributed by atoms with van der Waals surface area (Å²) in [5.41, 5.74) is -0.479. The number of nitrogens with zero attached hydrogens (tertiary/aromatic N) is 2. The second kappa shape index (κ2) is 5.36. The number of hydrogen-bond donors (Lipinski definition) is 1. The maximum Gasteiger partial charge on any atom is 0.228 e. The van der Waals surface area contributed by atoms with Gasteiger partial charge in [0.15, 0.2) is 5.82 Å². The van der Waals surface area contributed by atoms with Crippen molar-refractivity contribution in [1.82, 2.24) is 9.97 Å². The SMILES string of the molecule is COC(C)(C)CC(=O)Nc1cnc(Br)cn1. The van der Waals surface area contributed by atoms with E-state index in [0.29, 0.717) is 10.4 Å². The van der Waals surface area contributed by atoms with E-state index in [4.69, 9.17) is 4.74 Å². The molecule has 1 N–H and O–H groups in total. The quantitative estimate of drug-likeness (QED) is 0.920. The molecule has 0 aromatic carbocycles. The van der Waals surface area contributed by atoms with E-state index >= 15 is 0 Å². The van der Waals surface area contributed by atoms with Gasteiger partial charge in [0, 0.05) is 7.11 Å². The van der Waals surface area contributed by atoms with Gasteiger partial charge in [-0.05, 0) is 29.8 Å². The number of amides is 1. The van der Waals surface area contributed by atoms with Crippen LogP contribution in [0, 0.1) is 0 Å². The predicted octanol–water partition coefficient (Wildman–Crippen LogP) is 1.99. The molecule has 88 valence electrons. The van der Waals surface area contributed by atoms with E-state index in [0.717, 1.165) is 0 Å². The number of carbonyl (C=O) groups excluding carboxylic acids is 1. The summed E-state index contributed by atoms with van der Waals surface area (Å²) in [7, 11) is 1.58. The summed E-state index contributed by atoms with van der Waals surface area (Å²) >= 11 is 3.17. The molecule has 5 nitrogen and oxygen atoms in total. The van der Waals surface area contributed by atoms with Crippen LogP contribution in [0.4, 0.5) is 5.82 Å². The molecule has 0 fully saturated rings. The number of methoxy groups -OCH3 is 1. The van der Waals surface area contributed by atoms with Crippen LogP contribution >= 0.6 is 15.9 Å². The Morgan fingerprint density at radius 3 is 2.69 bits per heavy atom. The lowest BCUT2D eigenvalue weighted by Gasteiger charge is -2.21. The van der Waals surface area contributed by atoms with Crippen molar-refractivity contribution in [3.8, 4) is 0 Å². The second-order valence-electron chi connectivity index (χ2n) is 3.91. The molecular formula is C10H14BrN3O2. The highest BCUT2D eigenvalue weighted by molar-refractivity contribution is 9.10. The third-order valence-electron chi connectivity index (χ3n) is 2.03. The van der Waals surface area contributed by atoms with Crippen molar-refractivity contribution in [2.45, 2.75) is 25.9 Å². The van der Waals surface area contributed by atoms with Gasteiger partial charge in [0.25, 0.3) is 0 Å². The molecule has 1 rings (SSSR count). The van der Waals surface area contributed by atoms with Crippen molar-refractivity contribution < 1.29 is 9.53 Å². The average molecular weight is 288 g/mol. The zero-order chi connectivity index (χ0) is 12.2. The molecule has 0 saturated heterocycles. The van der Waals surface area contributed by atoms with Crippen LogP contribution in [-0.2, 0) is 9.53 Å². The van der Waals surface area contributed by atoms with Gasteiger partial charge in [-0.3, -0.25) is 4.79 Å². The molecule has 0 unspecified atom stereocenters. The van der Waals surface area contributed by atoms with E-state index in [2.05, 4.69) is 31.2 Å². The Hall–Kier alpha value is -1.01. The first-order valence-electron chi connectivity index (χ1n) is 4.75. The van der Waals surface area contributed by atoms with Gasteiger partial charge < -0.3 is 10.1 Å². The van der Waals surface area contributed by atoms with Crippen LogP contribution in [0.1, 0.15) is 20.3 Å². The third kappa shape index (κ3) is 4.24. The van der Waals surface area contributed by atoms with Crippen LogP contribution in [0.5, 0.6) is 0 Å². The first-order valence-corrected chi connectivity index (χ1v) is 5.55. The van der Waals surface area contributed by atoms with Crippen molar-refractivity contribution in [2.24, 2.45) is 0 Å². The first-order chi connectivity index (χ1) is 7.43. The predicted molar refractivity (Wildman–Crippen MR) is 64.1 cm³/mol. The summed E-state index contributed by atoms with van der Waals surface area (Å²) in [4.78, 5) is 19.6. The van der Waals surface area contributed by atoms with Gasteiger partial charge in [-0.25, -0.2) is 9.97 Å². The molecular weight excluding hydrogens is 274 g/mol. The molecule has 1 aromatic rings. The molecule has 0 radical (unpaired) electrons. The number of rotatable bonds is 4. The molecule has 0 bridgehead atoms. The molecule has 0 aliphatic rings. The summed E-state index contributed by atoms with van der Waals surface area (Å²) in [6, 6.07) is 0. The van der Waals surface area contributed by atoms with Crippen LogP contribution in [0.2, 0.25) is 0 Å². The van der Waals surface area contributed by atoms with Crippen molar-refractivity contribution in [1.29, 1.82) is 0 Å². The first kappa shape index (κ1) is 13.1. The number of hydrogen-bond acceptors (Lipinski definition) is 4. The Kier molecular flexibility index (Phi) is 4.37. The van der Waals surface area contributed by atoms with E-state index in [1.807, 2.05) is 13.8 Å². The molecule has 0 saturated carbocycles. The Morgan fingerprint density at radius 1 is 1.50 bits per heavy atom. The zero-order valence-corrected chi connectivity index (χ0v) is 11.0. The fraction of sp³-hybridized carbons (Fsp3) is 0.500. The minimum atomic E-state index is -0.479. The standard InChI is InChI=1S/C10H14BrN3O2/c1-10(2,16-3)4-9(15)14-8-6-12-7(11)5-13-8/h5-6H,4H2,1-3H3,(H,13,14,15). The van der Waals surface area contributed by atoms with Gasteiger partial charge in [-0.1, -0.05) is 0 Å². The molecule has 0 aliphatic heterocycles. The molecule has 1 aromatic heterocycles. The van der Waals surface area contributed by atoms with E-state index in [1.165, 1.54) is 12.4 Å². The fourth-order valence-electron chi connectivity index (χ4n) is 1.02. The lowest BCUT2D eigenvalue weighted by Crippen LogP contribution is -2.29. The number of nitrogens with one attached hydrogen (secondary N) is 1. The van der Waals surface area contributed by atoms with Gasteiger partial charge in [-0.2, -0.15) is 0 Å². The Labute approximate surface area is 103 Å². The molecule has 0 aliphatic carbocycles. The fourth-order valence-corrected chi connectivity index (χ4v) is 1.23. The van der Waals surface area contributed by atoms with Crippen LogP contribution in [0.25, 0.3) is 0 Å². The Balaban J connectivity index is 2.55. The van der Waals surface area contributed by atoms with E-state index in [9.17, 15) is 4.79 Å². The maximum atomic E-state index is 11.6. The summed E-state index contributed by atoms with van der Waals surface area (Å²) in [5.74, 6) is 0.281. The average Bonchev–Trinajstić information content (AvgIpc) is 2.21. The summed E-state index contributed by atoms with van der Waals surface area (Å²) in [5, 5.41) is 2.65. The molecule has 0 spiro atoms. The van der Waals surface area contributed by atoms with Gasteiger partial charge in [-0.15, -0.1) is 0 Å².